The maximum Gasteiger partial charge on any atom is 0.231 e. The summed E-state index contributed by atoms with van der Waals surface area (Å²) in [4.78, 5) is 17.2. The molecule has 6 nitrogen and oxygen atoms in total. The molecule has 0 spiro atoms. The lowest BCUT2D eigenvalue weighted by Gasteiger charge is -2.42. The monoisotopic (exact) mass is 284 g/mol. The Balaban J connectivity index is 2.07. The van der Waals surface area contributed by atoms with Gasteiger partial charge in [0.25, 0.3) is 0 Å². The van der Waals surface area contributed by atoms with E-state index >= 15 is 0 Å². The van der Waals surface area contributed by atoms with Gasteiger partial charge in [0.05, 0.1) is 0 Å². The standard InChI is InChI=1S/C12H21ClN6/c1-12(2,3)19-7-5-18(6-8-19)11-16-9(13)15-10(14-4)17-11/h5-8H2,1-4H3,(H,14,15,16,17). The van der Waals surface area contributed by atoms with Crippen LogP contribution in [0.15, 0.2) is 0 Å². The molecule has 2 heterocycles. The molecule has 1 aromatic rings. The zero-order valence-corrected chi connectivity index (χ0v) is 12.7. The molecule has 19 heavy (non-hydrogen) atoms. The van der Waals surface area contributed by atoms with Gasteiger partial charge in [0.1, 0.15) is 0 Å². The topological polar surface area (TPSA) is 57.2 Å². The molecule has 1 aliphatic heterocycles. The van der Waals surface area contributed by atoms with Gasteiger partial charge in [-0.05, 0) is 32.4 Å². The Morgan fingerprint density at radius 2 is 1.68 bits per heavy atom. The quantitative estimate of drug-likeness (QED) is 0.888. The largest absolute Gasteiger partial charge is 0.357 e. The third kappa shape index (κ3) is 3.45. The first-order chi connectivity index (χ1) is 8.90. The highest BCUT2D eigenvalue weighted by molar-refractivity contribution is 6.28. The normalized spacial score (nSPS) is 17.6. The smallest absolute Gasteiger partial charge is 0.231 e. The van der Waals surface area contributed by atoms with Gasteiger partial charge in [-0.25, -0.2) is 0 Å². The molecule has 0 bridgehead atoms. The second-order valence-electron chi connectivity index (χ2n) is 5.62. The average Bonchev–Trinajstić information content (AvgIpc) is 2.37. The third-order valence-electron chi connectivity index (χ3n) is 3.33. The van der Waals surface area contributed by atoms with Crippen LogP contribution in [0.4, 0.5) is 11.9 Å². The van der Waals surface area contributed by atoms with E-state index in [9.17, 15) is 0 Å². The molecule has 1 saturated heterocycles. The van der Waals surface area contributed by atoms with E-state index in [1.54, 1.807) is 7.05 Å². The second-order valence-corrected chi connectivity index (χ2v) is 5.96. The number of nitrogens with one attached hydrogen (secondary N) is 1. The molecule has 106 valence electrons. The molecule has 0 aliphatic carbocycles. The molecule has 1 aromatic heterocycles. The average molecular weight is 285 g/mol. The van der Waals surface area contributed by atoms with Crippen molar-refractivity contribution in [1.29, 1.82) is 0 Å². The van der Waals surface area contributed by atoms with Crippen LogP contribution in [0.1, 0.15) is 20.8 Å². The molecule has 0 atom stereocenters. The number of hydrogen-bond donors (Lipinski definition) is 1. The molecule has 1 fully saturated rings. The summed E-state index contributed by atoms with van der Waals surface area (Å²) in [5.41, 5.74) is 0.207. The van der Waals surface area contributed by atoms with Gasteiger partial charge >= 0.3 is 0 Å². The van der Waals surface area contributed by atoms with Gasteiger partial charge in [-0.1, -0.05) is 0 Å². The lowest BCUT2D eigenvalue weighted by molar-refractivity contribution is 0.128. The predicted molar refractivity (Wildman–Crippen MR) is 77.9 cm³/mol. The number of rotatable bonds is 2. The molecule has 1 N–H and O–H groups in total. The summed E-state index contributed by atoms with van der Waals surface area (Å²) in [7, 11) is 1.77. The van der Waals surface area contributed by atoms with E-state index in [4.69, 9.17) is 11.6 Å². The van der Waals surface area contributed by atoms with E-state index < -0.39 is 0 Å². The van der Waals surface area contributed by atoms with Crippen LogP contribution in [0.2, 0.25) is 5.28 Å². The van der Waals surface area contributed by atoms with Gasteiger partial charge in [-0.3, -0.25) is 4.90 Å². The van der Waals surface area contributed by atoms with Gasteiger partial charge in [0.15, 0.2) is 0 Å². The highest BCUT2D eigenvalue weighted by Gasteiger charge is 2.27. The first kappa shape index (κ1) is 14.3. The van der Waals surface area contributed by atoms with Crippen LogP contribution in [0.25, 0.3) is 0 Å². The summed E-state index contributed by atoms with van der Waals surface area (Å²) in [5, 5.41) is 3.13. The van der Waals surface area contributed by atoms with E-state index in [1.165, 1.54) is 0 Å². The first-order valence-electron chi connectivity index (χ1n) is 6.49. The van der Waals surface area contributed by atoms with Crippen molar-refractivity contribution >= 4 is 23.5 Å². The molecule has 0 unspecified atom stereocenters. The lowest BCUT2D eigenvalue weighted by Crippen LogP contribution is -2.53. The van der Waals surface area contributed by atoms with E-state index in [-0.39, 0.29) is 10.8 Å². The van der Waals surface area contributed by atoms with Crippen molar-refractivity contribution in [2.45, 2.75) is 26.3 Å². The zero-order valence-electron chi connectivity index (χ0n) is 11.9. The molecular formula is C12H21ClN6. The fourth-order valence-electron chi connectivity index (χ4n) is 2.17. The fraction of sp³-hybridized carbons (Fsp3) is 0.750. The summed E-state index contributed by atoms with van der Waals surface area (Å²) in [6.07, 6.45) is 0. The Labute approximate surface area is 119 Å². The summed E-state index contributed by atoms with van der Waals surface area (Å²) in [6, 6.07) is 0. The van der Waals surface area contributed by atoms with Crippen molar-refractivity contribution < 1.29 is 0 Å². The van der Waals surface area contributed by atoms with Crippen LogP contribution in [-0.2, 0) is 0 Å². The Morgan fingerprint density at radius 3 is 2.21 bits per heavy atom. The molecule has 1 aliphatic rings. The van der Waals surface area contributed by atoms with Crippen molar-refractivity contribution in [3.05, 3.63) is 5.28 Å². The lowest BCUT2D eigenvalue weighted by atomic mass is 10.1. The van der Waals surface area contributed by atoms with Crippen LogP contribution in [-0.4, -0.2) is 58.6 Å². The van der Waals surface area contributed by atoms with Gasteiger partial charge in [0, 0.05) is 38.8 Å². The Morgan fingerprint density at radius 1 is 1.05 bits per heavy atom. The minimum absolute atomic E-state index is 0.207. The molecule has 0 radical (unpaired) electrons. The number of hydrogen-bond acceptors (Lipinski definition) is 6. The summed E-state index contributed by atoms with van der Waals surface area (Å²) >= 11 is 5.91. The van der Waals surface area contributed by atoms with Crippen molar-refractivity contribution in [1.82, 2.24) is 19.9 Å². The maximum absolute atomic E-state index is 5.91. The molecule has 2 rings (SSSR count). The molecule has 0 amide bonds. The summed E-state index contributed by atoms with van der Waals surface area (Å²) in [5.74, 6) is 1.16. The summed E-state index contributed by atoms with van der Waals surface area (Å²) < 4.78 is 0. The highest BCUT2D eigenvalue weighted by atomic mass is 35.5. The van der Waals surface area contributed by atoms with Crippen molar-refractivity contribution in [2.24, 2.45) is 0 Å². The van der Waals surface area contributed by atoms with Crippen LogP contribution >= 0.6 is 11.6 Å². The second kappa shape index (κ2) is 5.46. The van der Waals surface area contributed by atoms with E-state index in [0.717, 1.165) is 26.2 Å². The highest BCUT2D eigenvalue weighted by Crippen LogP contribution is 2.19. The Bertz CT molecular complexity index is 436. The Hall–Kier alpha value is -1.14. The van der Waals surface area contributed by atoms with Gasteiger partial charge < -0.3 is 10.2 Å². The number of aromatic nitrogens is 3. The van der Waals surface area contributed by atoms with Crippen molar-refractivity contribution in [3.63, 3.8) is 0 Å². The number of halogens is 1. The van der Waals surface area contributed by atoms with E-state index in [2.05, 4.69) is 50.8 Å². The number of nitrogens with zero attached hydrogens (tertiary/aromatic N) is 5. The minimum Gasteiger partial charge on any atom is -0.357 e. The van der Waals surface area contributed by atoms with Crippen molar-refractivity contribution in [3.8, 4) is 0 Å². The Kier molecular flexibility index (Phi) is 4.10. The van der Waals surface area contributed by atoms with Crippen LogP contribution in [0.3, 0.4) is 0 Å². The molecule has 0 saturated carbocycles. The van der Waals surface area contributed by atoms with E-state index in [1.807, 2.05) is 0 Å². The fourth-order valence-corrected chi connectivity index (χ4v) is 2.33. The van der Waals surface area contributed by atoms with Crippen LogP contribution < -0.4 is 10.2 Å². The predicted octanol–water partition coefficient (Wildman–Crippen LogP) is 1.49. The van der Waals surface area contributed by atoms with E-state index in [0.29, 0.717) is 11.9 Å². The SMILES string of the molecule is CNc1nc(Cl)nc(N2CCN(C(C)(C)C)CC2)n1. The molecule has 0 aromatic carbocycles. The number of anilines is 2. The van der Waals surface area contributed by atoms with Gasteiger partial charge in [-0.15, -0.1) is 0 Å². The minimum atomic E-state index is 0.207. The van der Waals surface area contributed by atoms with Gasteiger partial charge in [-0.2, -0.15) is 15.0 Å². The van der Waals surface area contributed by atoms with Crippen LogP contribution in [0, 0.1) is 0 Å². The molecule has 7 heteroatoms. The molecular weight excluding hydrogens is 264 g/mol. The maximum atomic E-state index is 5.91. The van der Waals surface area contributed by atoms with Crippen molar-refractivity contribution in [2.75, 3.05) is 43.4 Å². The first-order valence-corrected chi connectivity index (χ1v) is 6.87. The van der Waals surface area contributed by atoms with Gasteiger partial charge in [0.2, 0.25) is 17.2 Å². The zero-order chi connectivity index (χ0) is 14.0. The summed E-state index contributed by atoms with van der Waals surface area (Å²) in [6.45, 7) is 10.5. The number of piperazine rings is 1. The third-order valence-corrected chi connectivity index (χ3v) is 3.50. The van der Waals surface area contributed by atoms with Crippen LogP contribution in [0.5, 0.6) is 0 Å².